The van der Waals surface area contributed by atoms with Crippen molar-refractivity contribution >= 4 is 44.5 Å². The number of imidazole rings is 1. The van der Waals surface area contributed by atoms with Crippen LogP contribution in [0.5, 0.6) is 0 Å². The molecule has 2 rings (SSSR count). The van der Waals surface area contributed by atoms with Crippen LogP contribution >= 0.6 is 27.5 Å². The Morgan fingerprint density at radius 1 is 1.57 bits per heavy atom. The maximum atomic E-state index is 13.5. The summed E-state index contributed by atoms with van der Waals surface area (Å²) in [5.41, 5.74) is 1.12. The molecular formula is C13H14BrClFN3O2. The number of alkyl halides is 1. The Labute approximate surface area is 134 Å². The molecule has 0 aliphatic rings. The van der Waals surface area contributed by atoms with Crippen LogP contribution in [0.3, 0.4) is 0 Å². The Hall–Kier alpha value is -1.18. The molecule has 5 nitrogen and oxygen atoms in total. The molecule has 0 bridgehead atoms. The molecule has 0 fully saturated rings. The van der Waals surface area contributed by atoms with Crippen molar-refractivity contribution in [3.8, 4) is 0 Å². The number of ether oxygens (including phenoxy) is 1. The van der Waals surface area contributed by atoms with Gasteiger partial charge in [-0.15, -0.1) is 11.6 Å². The summed E-state index contributed by atoms with van der Waals surface area (Å²) in [6, 6.07) is 2.91. The minimum absolute atomic E-state index is 0.0698. The summed E-state index contributed by atoms with van der Waals surface area (Å²) >= 11 is 8.99. The van der Waals surface area contributed by atoms with Crippen molar-refractivity contribution in [2.75, 3.05) is 20.3 Å². The van der Waals surface area contributed by atoms with Crippen molar-refractivity contribution in [2.24, 2.45) is 0 Å². The highest BCUT2D eigenvalue weighted by atomic mass is 79.9. The molecule has 0 spiro atoms. The molecule has 1 aromatic heterocycles. The number of benzene rings is 1. The van der Waals surface area contributed by atoms with E-state index in [0.717, 1.165) is 0 Å². The summed E-state index contributed by atoms with van der Waals surface area (Å²) in [6.07, 6.45) is 0. The van der Waals surface area contributed by atoms with Gasteiger partial charge in [0, 0.05) is 19.7 Å². The van der Waals surface area contributed by atoms with E-state index in [4.69, 9.17) is 16.3 Å². The second-order valence-corrected chi connectivity index (χ2v) is 5.47. The number of fused-ring (bicyclic) bond motifs is 1. The number of hydrogen-bond acceptors (Lipinski definition) is 3. The van der Waals surface area contributed by atoms with Gasteiger partial charge in [0.15, 0.2) is 0 Å². The van der Waals surface area contributed by atoms with Gasteiger partial charge < -0.3 is 14.6 Å². The second kappa shape index (κ2) is 7.20. The lowest BCUT2D eigenvalue weighted by Gasteiger charge is -2.09. The van der Waals surface area contributed by atoms with Gasteiger partial charge in [0.05, 0.1) is 28.0 Å². The SMILES string of the molecule is COCCNC(=O)Cn1c(CCl)nc2cc(F)c(Br)cc21. The third kappa shape index (κ3) is 3.72. The van der Waals surface area contributed by atoms with E-state index in [1.807, 2.05) is 0 Å². The highest BCUT2D eigenvalue weighted by molar-refractivity contribution is 9.10. The molecule has 0 aliphatic heterocycles. The summed E-state index contributed by atoms with van der Waals surface area (Å²) in [4.78, 5) is 16.2. The molecule has 0 aliphatic carbocycles. The molecule has 2 aromatic rings. The Balaban J connectivity index is 2.29. The van der Waals surface area contributed by atoms with Crippen LogP contribution in [0, 0.1) is 5.82 Å². The molecule has 1 heterocycles. The number of hydrogen-bond donors (Lipinski definition) is 1. The maximum absolute atomic E-state index is 13.5. The van der Waals surface area contributed by atoms with E-state index >= 15 is 0 Å². The van der Waals surface area contributed by atoms with Crippen molar-refractivity contribution in [2.45, 2.75) is 12.4 Å². The number of rotatable bonds is 6. The number of aromatic nitrogens is 2. The first-order chi connectivity index (χ1) is 10.1. The van der Waals surface area contributed by atoms with Crippen molar-refractivity contribution in [3.05, 3.63) is 28.2 Å². The molecule has 0 saturated heterocycles. The van der Waals surface area contributed by atoms with E-state index in [9.17, 15) is 9.18 Å². The number of carbonyl (C=O) groups excluding carboxylic acids is 1. The number of nitrogens with one attached hydrogen (secondary N) is 1. The fraction of sp³-hybridized carbons (Fsp3) is 0.385. The molecule has 1 aromatic carbocycles. The Morgan fingerprint density at radius 2 is 2.33 bits per heavy atom. The van der Waals surface area contributed by atoms with Crippen LogP contribution in [0.25, 0.3) is 11.0 Å². The van der Waals surface area contributed by atoms with Gasteiger partial charge in [-0.25, -0.2) is 9.37 Å². The Kier molecular flexibility index (Phi) is 5.55. The van der Waals surface area contributed by atoms with Gasteiger partial charge in [-0.1, -0.05) is 0 Å². The highest BCUT2D eigenvalue weighted by Gasteiger charge is 2.15. The van der Waals surface area contributed by atoms with E-state index in [2.05, 4.69) is 26.2 Å². The zero-order valence-electron chi connectivity index (χ0n) is 11.3. The van der Waals surface area contributed by atoms with Gasteiger partial charge in [-0.05, 0) is 22.0 Å². The van der Waals surface area contributed by atoms with Gasteiger partial charge in [-0.3, -0.25) is 4.79 Å². The second-order valence-electron chi connectivity index (χ2n) is 4.35. The largest absolute Gasteiger partial charge is 0.383 e. The van der Waals surface area contributed by atoms with Crippen molar-refractivity contribution < 1.29 is 13.9 Å². The maximum Gasteiger partial charge on any atom is 0.240 e. The van der Waals surface area contributed by atoms with Crippen molar-refractivity contribution in [3.63, 3.8) is 0 Å². The van der Waals surface area contributed by atoms with Crippen LogP contribution in [0.15, 0.2) is 16.6 Å². The van der Waals surface area contributed by atoms with Gasteiger partial charge in [0.2, 0.25) is 5.91 Å². The van der Waals surface area contributed by atoms with Gasteiger partial charge in [0.1, 0.15) is 18.2 Å². The summed E-state index contributed by atoms with van der Waals surface area (Å²) in [7, 11) is 1.56. The monoisotopic (exact) mass is 377 g/mol. The van der Waals surface area contributed by atoms with Crippen LogP contribution < -0.4 is 5.32 Å². The van der Waals surface area contributed by atoms with Crippen LogP contribution in [0.2, 0.25) is 0 Å². The zero-order valence-corrected chi connectivity index (χ0v) is 13.7. The third-order valence-electron chi connectivity index (χ3n) is 2.92. The molecule has 1 amide bonds. The quantitative estimate of drug-likeness (QED) is 0.620. The molecule has 114 valence electrons. The molecule has 1 N–H and O–H groups in total. The van der Waals surface area contributed by atoms with Crippen molar-refractivity contribution in [1.29, 1.82) is 0 Å². The molecule has 0 atom stereocenters. The lowest BCUT2D eigenvalue weighted by molar-refractivity contribution is -0.121. The minimum atomic E-state index is -0.405. The predicted molar refractivity (Wildman–Crippen MR) is 81.8 cm³/mol. The molecule has 0 saturated carbocycles. The standard InChI is InChI=1S/C13H14BrClFN3O2/c1-21-3-2-17-13(20)7-19-11-4-8(14)9(16)5-10(11)18-12(19)6-15/h4-5H,2-3,6-7H2,1H3,(H,17,20). The molecule has 0 radical (unpaired) electrons. The molecular weight excluding hydrogens is 365 g/mol. The third-order valence-corrected chi connectivity index (χ3v) is 3.77. The lowest BCUT2D eigenvalue weighted by atomic mass is 10.3. The average molecular weight is 379 g/mol. The fourth-order valence-corrected chi connectivity index (χ4v) is 2.48. The van der Waals surface area contributed by atoms with Crippen LogP contribution in [-0.4, -0.2) is 35.7 Å². The summed E-state index contributed by atoms with van der Waals surface area (Å²) in [5, 5.41) is 2.72. The van der Waals surface area contributed by atoms with Crippen molar-refractivity contribution in [1.82, 2.24) is 14.9 Å². The van der Waals surface area contributed by atoms with Gasteiger partial charge in [-0.2, -0.15) is 0 Å². The first-order valence-electron chi connectivity index (χ1n) is 6.22. The van der Waals surface area contributed by atoms with E-state index < -0.39 is 5.82 Å². The smallest absolute Gasteiger partial charge is 0.240 e. The van der Waals surface area contributed by atoms with Gasteiger partial charge in [0.25, 0.3) is 0 Å². The Bertz CT molecular complexity index is 662. The number of methoxy groups -OCH3 is 1. The molecule has 21 heavy (non-hydrogen) atoms. The molecule has 8 heteroatoms. The number of amides is 1. The number of halogens is 3. The fourth-order valence-electron chi connectivity index (χ4n) is 1.94. The first kappa shape index (κ1) is 16.2. The highest BCUT2D eigenvalue weighted by Crippen LogP contribution is 2.24. The minimum Gasteiger partial charge on any atom is -0.383 e. The number of carbonyl (C=O) groups is 1. The van der Waals surface area contributed by atoms with E-state index in [1.54, 1.807) is 17.7 Å². The summed E-state index contributed by atoms with van der Waals surface area (Å²) < 4.78 is 20.4. The van der Waals surface area contributed by atoms with Crippen LogP contribution in [-0.2, 0) is 22.0 Å². The molecule has 0 unspecified atom stereocenters. The van der Waals surface area contributed by atoms with E-state index in [-0.39, 0.29) is 18.3 Å². The normalized spacial score (nSPS) is 11.0. The van der Waals surface area contributed by atoms with Gasteiger partial charge >= 0.3 is 0 Å². The van der Waals surface area contributed by atoms with E-state index in [0.29, 0.717) is 34.5 Å². The lowest BCUT2D eigenvalue weighted by Crippen LogP contribution is -2.30. The summed E-state index contributed by atoms with van der Waals surface area (Å²) in [5.74, 6) is 0.0706. The zero-order chi connectivity index (χ0) is 15.4. The van der Waals surface area contributed by atoms with Crippen LogP contribution in [0.4, 0.5) is 4.39 Å². The topological polar surface area (TPSA) is 56.1 Å². The Morgan fingerprint density at radius 3 is 3.00 bits per heavy atom. The predicted octanol–water partition coefficient (Wildman–Crippen LogP) is 2.44. The summed E-state index contributed by atoms with van der Waals surface area (Å²) in [6.45, 7) is 0.937. The van der Waals surface area contributed by atoms with Crippen LogP contribution in [0.1, 0.15) is 5.82 Å². The van der Waals surface area contributed by atoms with E-state index in [1.165, 1.54) is 6.07 Å². The first-order valence-corrected chi connectivity index (χ1v) is 7.55. The average Bonchev–Trinajstić information content (AvgIpc) is 2.77. The number of nitrogens with zero attached hydrogens (tertiary/aromatic N) is 2.